The van der Waals surface area contributed by atoms with Crippen molar-refractivity contribution in [1.82, 2.24) is 5.32 Å². The van der Waals surface area contributed by atoms with Gasteiger partial charge >= 0.3 is 5.97 Å². The van der Waals surface area contributed by atoms with Gasteiger partial charge in [0.1, 0.15) is 0 Å². The Morgan fingerprint density at radius 3 is 2.58 bits per heavy atom. The van der Waals surface area contributed by atoms with Crippen molar-refractivity contribution in [2.45, 2.75) is 13.3 Å². The number of anilines is 1. The molecule has 0 radical (unpaired) electrons. The minimum atomic E-state index is -0.548. The molecule has 0 aliphatic carbocycles. The summed E-state index contributed by atoms with van der Waals surface area (Å²) in [5.41, 5.74) is 2.07. The topological polar surface area (TPSA) is 84.5 Å². The Bertz CT molecular complexity index is 808. The first-order chi connectivity index (χ1) is 12.5. The fourth-order valence-corrected chi connectivity index (χ4v) is 2.73. The zero-order chi connectivity index (χ0) is 18.9. The number of aryl methyl sites for hydroxylation is 1. The van der Waals surface area contributed by atoms with Crippen LogP contribution >= 0.6 is 22.6 Å². The molecule has 2 N–H and O–H groups in total. The molecule has 26 heavy (non-hydrogen) atoms. The van der Waals surface area contributed by atoms with Crippen LogP contribution in [-0.4, -0.2) is 30.9 Å². The van der Waals surface area contributed by atoms with Gasteiger partial charge in [-0.2, -0.15) is 0 Å². The molecule has 2 aromatic carbocycles. The molecule has 0 spiro atoms. The number of esters is 1. The van der Waals surface area contributed by atoms with E-state index in [1.54, 1.807) is 24.3 Å². The van der Waals surface area contributed by atoms with E-state index in [9.17, 15) is 14.4 Å². The van der Waals surface area contributed by atoms with Gasteiger partial charge in [-0.3, -0.25) is 14.4 Å². The second-order valence-electron chi connectivity index (χ2n) is 5.54. The van der Waals surface area contributed by atoms with Gasteiger partial charge in [0, 0.05) is 21.4 Å². The summed E-state index contributed by atoms with van der Waals surface area (Å²) in [5.74, 6) is -1.20. The second kappa shape index (κ2) is 9.91. The van der Waals surface area contributed by atoms with Gasteiger partial charge in [-0.1, -0.05) is 24.3 Å². The average molecular weight is 466 g/mol. The first kappa shape index (κ1) is 19.9. The Morgan fingerprint density at radius 1 is 1.08 bits per heavy atom. The molecule has 0 aliphatic rings. The molecule has 136 valence electrons. The van der Waals surface area contributed by atoms with Crippen LogP contribution in [0.15, 0.2) is 48.5 Å². The van der Waals surface area contributed by atoms with Gasteiger partial charge in [-0.15, -0.1) is 0 Å². The van der Waals surface area contributed by atoms with Gasteiger partial charge in [0.2, 0.25) is 0 Å². The highest BCUT2D eigenvalue weighted by molar-refractivity contribution is 14.1. The van der Waals surface area contributed by atoms with Crippen molar-refractivity contribution in [2.75, 3.05) is 18.5 Å². The number of carbonyl (C=O) groups excluding carboxylic acids is 3. The number of amides is 2. The molecule has 0 fully saturated rings. The highest BCUT2D eigenvalue weighted by Gasteiger charge is 2.11. The van der Waals surface area contributed by atoms with Gasteiger partial charge in [0.05, 0.1) is 6.42 Å². The third kappa shape index (κ3) is 6.47. The summed E-state index contributed by atoms with van der Waals surface area (Å²) in [7, 11) is 0. The molecular weight excluding hydrogens is 447 g/mol. The molecule has 0 aromatic heterocycles. The summed E-state index contributed by atoms with van der Waals surface area (Å²) < 4.78 is 5.90. The van der Waals surface area contributed by atoms with Crippen molar-refractivity contribution in [1.29, 1.82) is 0 Å². The molecule has 2 amide bonds. The second-order valence-corrected chi connectivity index (χ2v) is 6.79. The van der Waals surface area contributed by atoms with Crippen LogP contribution < -0.4 is 10.6 Å². The molecule has 0 heterocycles. The summed E-state index contributed by atoms with van der Waals surface area (Å²) >= 11 is 2.14. The Balaban J connectivity index is 1.68. The summed E-state index contributed by atoms with van der Waals surface area (Å²) in [4.78, 5) is 35.5. The molecule has 0 atom stereocenters. The fraction of sp³-hybridized carbons (Fsp3) is 0.211. The van der Waals surface area contributed by atoms with Crippen LogP contribution in [0.4, 0.5) is 5.69 Å². The monoisotopic (exact) mass is 466 g/mol. The number of hydrogen-bond acceptors (Lipinski definition) is 4. The first-order valence-electron chi connectivity index (χ1n) is 8.00. The lowest BCUT2D eigenvalue weighted by Crippen LogP contribution is -2.28. The van der Waals surface area contributed by atoms with E-state index >= 15 is 0 Å². The van der Waals surface area contributed by atoms with Crippen molar-refractivity contribution >= 4 is 46.1 Å². The highest BCUT2D eigenvalue weighted by Crippen LogP contribution is 2.12. The van der Waals surface area contributed by atoms with Crippen molar-refractivity contribution in [3.8, 4) is 0 Å². The van der Waals surface area contributed by atoms with E-state index in [1.165, 1.54) is 0 Å². The zero-order valence-electron chi connectivity index (χ0n) is 14.3. The van der Waals surface area contributed by atoms with E-state index < -0.39 is 11.9 Å². The van der Waals surface area contributed by atoms with E-state index in [1.807, 2.05) is 31.2 Å². The van der Waals surface area contributed by atoms with Crippen LogP contribution in [0.25, 0.3) is 0 Å². The van der Waals surface area contributed by atoms with E-state index in [0.29, 0.717) is 11.3 Å². The van der Waals surface area contributed by atoms with Crippen molar-refractivity contribution in [3.63, 3.8) is 0 Å². The summed E-state index contributed by atoms with van der Waals surface area (Å²) in [6.45, 7) is 1.62. The molecule has 0 saturated carbocycles. The Morgan fingerprint density at radius 2 is 1.85 bits per heavy atom. The number of rotatable bonds is 7. The van der Waals surface area contributed by atoms with Gasteiger partial charge in [-0.05, 0) is 59.3 Å². The summed E-state index contributed by atoms with van der Waals surface area (Å²) in [5, 5.41) is 5.31. The number of ether oxygens (including phenoxy) is 1. The highest BCUT2D eigenvalue weighted by atomic mass is 127. The summed E-state index contributed by atoms with van der Waals surface area (Å²) in [6.07, 6.45) is -0.00582. The van der Waals surface area contributed by atoms with Crippen LogP contribution in [0.1, 0.15) is 22.3 Å². The van der Waals surface area contributed by atoms with E-state index in [-0.39, 0.29) is 25.5 Å². The molecule has 0 saturated heterocycles. The molecule has 0 aliphatic heterocycles. The minimum absolute atomic E-state index is 0.00582. The summed E-state index contributed by atoms with van der Waals surface area (Å²) in [6, 6.07) is 14.5. The lowest BCUT2D eigenvalue weighted by Gasteiger charge is -2.08. The van der Waals surface area contributed by atoms with Crippen molar-refractivity contribution in [2.24, 2.45) is 0 Å². The lowest BCUT2D eigenvalue weighted by atomic mass is 10.1. The van der Waals surface area contributed by atoms with E-state index in [2.05, 4.69) is 33.2 Å². The van der Waals surface area contributed by atoms with Crippen LogP contribution in [0, 0.1) is 10.5 Å². The van der Waals surface area contributed by atoms with E-state index in [4.69, 9.17) is 4.74 Å². The maximum absolute atomic E-state index is 12.0. The third-order valence-electron chi connectivity index (χ3n) is 3.48. The molecule has 7 heteroatoms. The Labute approximate surface area is 165 Å². The Hall–Kier alpha value is -2.42. The largest absolute Gasteiger partial charge is 0.456 e. The maximum Gasteiger partial charge on any atom is 0.308 e. The number of carbonyl (C=O) groups is 3. The standard InChI is InChI=1S/C19H19IN2O4/c1-13-5-2-3-8-16(13)19(25)21-10-9-18(24)26-12-17(23)22-15-7-4-6-14(20)11-15/h2-8,11H,9-10,12H2,1H3,(H,21,25)(H,22,23). The number of nitrogens with one attached hydrogen (secondary N) is 2. The smallest absolute Gasteiger partial charge is 0.308 e. The van der Waals surface area contributed by atoms with Crippen LogP contribution in [0.5, 0.6) is 0 Å². The molecule has 2 aromatic rings. The maximum atomic E-state index is 12.0. The zero-order valence-corrected chi connectivity index (χ0v) is 16.4. The van der Waals surface area contributed by atoms with Crippen LogP contribution in [0.2, 0.25) is 0 Å². The number of halogens is 1. The average Bonchev–Trinajstić information content (AvgIpc) is 2.60. The Kier molecular flexibility index (Phi) is 7.58. The van der Waals surface area contributed by atoms with Crippen LogP contribution in [0.3, 0.4) is 0 Å². The van der Waals surface area contributed by atoms with Gasteiger partial charge in [0.25, 0.3) is 11.8 Å². The van der Waals surface area contributed by atoms with Crippen LogP contribution in [-0.2, 0) is 14.3 Å². The van der Waals surface area contributed by atoms with Gasteiger partial charge in [0.15, 0.2) is 6.61 Å². The van der Waals surface area contributed by atoms with Crippen molar-refractivity contribution < 1.29 is 19.1 Å². The molecule has 0 unspecified atom stereocenters. The third-order valence-corrected chi connectivity index (χ3v) is 4.15. The number of benzene rings is 2. The minimum Gasteiger partial charge on any atom is -0.456 e. The lowest BCUT2D eigenvalue weighted by molar-refractivity contribution is -0.147. The van der Waals surface area contributed by atoms with E-state index in [0.717, 1.165) is 9.13 Å². The van der Waals surface area contributed by atoms with Gasteiger partial charge in [-0.25, -0.2) is 0 Å². The normalized spacial score (nSPS) is 10.1. The predicted octanol–water partition coefficient (Wildman–Crippen LogP) is 2.90. The molecule has 2 rings (SSSR count). The van der Waals surface area contributed by atoms with Gasteiger partial charge < -0.3 is 15.4 Å². The molecule has 6 nitrogen and oxygen atoms in total. The molecule has 0 bridgehead atoms. The molecular formula is C19H19IN2O4. The predicted molar refractivity (Wildman–Crippen MR) is 107 cm³/mol. The first-order valence-corrected chi connectivity index (χ1v) is 9.08. The number of hydrogen-bond donors (Lipinski definition) is 2. The SMILES string of the molecule is Cc1ccccc1C(=O)NCCC(=O)OCC(=O)Nc1cccc(I)c1. The fourth-order valence-electron chi connectivity index (χ4n) is 2.18. The van der Waals surface area contributed by atoms with Crippen molar-refractivity contribution in [3.05, 3.63) is 63.2 Å². The quantitative estimate of drug-likeness (QED) is 0.486.